The van der Waals surface area contributed by atoms with Crippen LogP contribution in [0.1, 0.15) is 21.7 Å². The zero-order valence-electron chi connectivity index (χ0n) is 10.2. The summed E-state index contributed by atoms with van der Waals surface area (Å²) in [7, 11) is 1.98. The number of carbonyl (C=O) groups is 1. The highest BCUT2D eigenvalue weighted by Crippen LogP contribution is 2.21. The molecule has 0 spiro atoms. The van der Waals surface area contributed by atoms with Crippen molar-refractivity contribution in [3.05, 3.63) is 44.6 Å². The number of halogens is 1. The van der Waals surface area contributed by atoms with Crippen molar-refractivity contribution in [2.75, 3.05) is 7.05 Å². The third-order valence-electron chi connectivity index (χ3n) is 2.43. The molecule has 2 rings (SSSR count). The van der Waals surface area contributed by atoms with E-state index in [-0.39, 0.29) is 5.69 Å². The van der Waals surface area contributed by atoms with E-state index in [1.807, 2.05) is 7.05 Å². The van der Waals surface area contributed by atoms with Gasteiger partial charge in [0.2, 0.25) is 0 Å². The Kier molecular flexibility index (Phi) is 4.62. The van der Waals surface area contributed by atoms with E-state index in [1.165, 1.54) is 18.0 Å². The molecular weight excluding hydrogens is 330 g/mol. The van der Waals surface area contributed by atoms with Crippen LogP contribution in [0.5, 0.6) is 0 Å². The summed E-state index contributed by atoms with van der Waals surface area (Å²) in [5.74, 6) is -1.06. The Bertz CT molecular complexity index is 571. The summed E-state index contributed by atoms with van der Waals surface area (Å²) in [6.45, 7) is 1.44. The number of hydrogen-bond donors (Lipinski definition) is 1. The van der Waals surface area contributed by atoms with Crippen LogP contribution in [-0.4, -0.2) is 33.0 Å². The van der Waals surface area contributed by atoms with E-state index in [0.717, 1.165) is 16.0 Å². The van der Waals surface area contributed by atoms with Gasteiger partial charge in [0.15, 0.2) is 5.69 Å². The van der Waals surface area contributed by atoms with Gasteiger partial charge in [-0.15, -0.1) is 11.3 Å². The van der Waals surface area contributed by atoms with Gasteiger partial charge < -0.3 is 5.11 Å². The van der Waals surface area contributed by atoms with Gasteiger partial charge in [-0.1, -0.05) is 0 Å². The summed E-state index contributed by atoms with van der Waals surface area (Å²) in [4.78, 5) is 20.7. The number of carboxylic acid groups (broad SMARTS) is 1. The van der Waals surface area contributed by atoms with Crippen LogP contribution in [0.25, 0.3) is 0 Å². The molecule has 100 valence electrons. The maximum absolute atomic E-state index is 10.7. The quantitative estimate of drug-likeness (QED) is 0.905. The average molecular weight is 342 g/mol. The molecule has 2 aromatic rings. The lowest BCUT2D eigenvalue weighted by Gasteiger charge is -2.14. The summed E-state index contributed by atoms with van der Waals surface area (Å²) < 4.78 is 1.11. The van der Waals surface area contributed by atoms with E-state index < -0.39 is 5.97 Å². The Labute approximate surface area is 123 Å². The topological polar surface area (TPSA) is 66.3 Å². The molecule has 0 radical (unpaired) electrons. The Morgan fingerprint density at radius 3 is 2.74 bits per heavy atom. The summed E-state index contributed by atoms with van der Waals surface area (Å²) in [5, 5.41) is 10.8. The molecule has 0 saturated heterocycles. The van der Waals surface area contributed by atoms with E-state index in [0.29, 0.717) is 6.54 Å². The molecule has 0 aliphatic heterocycles. The highest BCUT2D eigenvalue weighted by Gasteiger charge is 2.07. The number of hydrogen-bond acceptors (Lipinski definition) is 5. The Balaban J connectivity index is 1.94. The van der Waals surface area contributed by atoms with Crippen LogP contribution in [0.15, 0.2) is 27.6 Å². The number of carboxylic acids is 1. The van der Waals surface area contributed by atoms with Crippen molar-refractivity contribution in [3.63, 3.8) is 0 Å². The number of rotatable bonds is 5. The second-order valence-electron chi connectivity index (χ2n) is 4.13. The molecule has 7 heteroatoms. The standard InChI is InChI=1S/C12H12BrN3O2S/c1-16(5-8-2-11(13)19-7-8)6-9-3-15-10(4-14-9)12(17)18/h2-4,7H,5-6H2,1H3,(H,17,18). The van der Waals surface area contributed by atoms with E-state index in [2.05, 4.69) is 42.2 Å². The van der Waals surface area contributed by atoms with Gasteiger partial charge in [0.1, 0.15) is 0 Å². The van der Waals surface area contributed by atoms with Gasteiger partial charge in [0.25, 0.3) is 0 Å². The van der Waals surface area contributed by atoms with E-state index in [9.17, 15) is 4.79 Å². The van der Waals surface area contributed by atoms with Crippen LogP contribution in [-0.2, 0) is 13.1 Å². The molecule has 1 N–H and O–H groups in total. The first-order valence-corrected chi connectivity index (χ1v) is 7.17. The first kappa shape index (κ1) is 14.1. The van der Waals surface area contributed by atoms with Crippen LogP contribution in [0, 0.1) is 0 Å². The zero-order valence-corrected chi connectivity index (χ0v) is 12.6. The lowest BCUT2D eigenvalue weighted by molar-refractivity contribution is 0.0690. The first-order chi connectivity index (χ1) is 9.04. The molecule has 0 aliphatic rings. The first-order valence-electron chi connectivity index (χ1n) is 5.50. The molecule has 0 atom stereocenters. The van der Waals surface area contributed by atoms with Gasteiger partial charge in [-0.2, -0.15) is 0 Å². The highest BCUT2D eigenvalue weighted by molar-refractivity contribution is 9.11. The maximum Gasteiger partial charge on any atom is 0.356 e. The SMILES string of the molecule is CN(Cc1csc(Br)c1)Cc1cnc(C(=O)O)cn1. The number of thiophene rings is 1. The molecule has 0 aromatic carbocycles. The van der Waals surface area contributed by atoms with Crippen LogP contribution < -0.4 is 0 Å². The van der Waals surface area contributed by atoms with Crippen molar-refractivity contribution in [1.82, 2.24) is 14.9 Å². The summed E-state index contributed by atoms with van der Waals surface area (Å²) in [5.41, 5.74) is 1.95. The molecule has 2 aromatic heterocycles. The molecule has 0 unspecified atom stereocenters. The van der Waals surface area contributed by atoms with Crippen molar-refractivity contribution in [3.8, 4) is 0 Å². The van der Waals surface area contributed by atoms with E-state index in [4.69, 9.17) is 5.11 Å². The van der Waals surface area contributed by atoms with Crippen LogP contribution in [0.4, 0.5) is 0 Å². The van der Waals surface area contributed by atoms with Crippen LogP contribution in [0.3, 0.4) is 0 Å². The zero-order chi connectivity index (χ0) is 13.8. The summed E-state index contributed by atoms with van der Waals surface area (Å²) >= 11 is 5.09. The van der Waals surface area contributed by atoms with Gasteiger partial charge in [-0.05, 0) is 40.0 Å². The fourth-order valence-electron chi connectivity index (χ4n) is 1.62. The smallest absolute Gasteiger partial charge is 0.356 e. The van der Waals surface area contributed by atoms with Gasteiger partial charge in [0.05, 0.1) is 21.9 Å². The maximum atomic E-state index is 10.7. The molecule has 19 heavy (non-hydrogen) atoms. The fraction of sp³-hybridized carbons (Fsp3) is 0.250. The third-order valence-corrected chi connectivity index (χ3v) is 3.98. The normalized spacial score (nSPS) is 10.9. The second-order valence-corrected chi connectivity index (χ2v) is 6.42. The largest absolute Gasteiger partial charge is 0.476 e. The van der Waals surface area contributed by atoms with Gasteiger partial charge in [-0.25, -0.2) is 9.78 Å². The van der Waals surface area contributed by atoms with Crippen LogP contribution >= 0.6 is 27.3 Å². The number of aromatic nitrogens is 2. The number of nitrogens with zero attached hydrogens (tertiary/aromatic N) is 3. The lowest BCUT2D eigenvalue weighted by atomic mass is 10.3. The predicted molar refractivity (Wildman–Crippen MR) is 76.2 cm³/mol. The average Bonchev–Trinajstić information content (AvgIpc) is 2.75. The molecular formula is C12H12BrN3O2S. The molecule has 2 heterocycles. The Morgan fingerprint density at radius 1 is 1.42 bits per heavy atom. The molecule has 5 nitrogen and oxygen atoms in total. The van der Waals surface area contributed by atoms with Gasteiger partial charge >= 0.3 is 5.97 Å². The summed E-state index contributed by atoms with van der Waals surface area (Å²) in [6, 6.07) is 2.08. The van der Waals surface area contributed by atoms with Crippen LogP contribution in [0.2, 0.25) is 0 Å². The highest BCUT2D eigenvalue weighted by atomic mass is 79.9. The minimum Gasteiger partial charge on any atom is -0.476 e. The molecule has 0 aliphatic carbocycles. The second kappa shape index (κ2) is 6.23. The molecule has 0 fully saturated rings. The summed E-state index contributed by atoms with van der Waals surface area (Å²) in [6.07, 6.45) is 2.79. The molecule has 0 saturated carbocycles. The molecule has 0 amide bonds. The minimum atomic E-state index is -1.06. The minimum absolute atomic E-state index is 0.0341. The van der Waals surface area contributed by atoms with Crippen molar-refractivity contribution in [2.24, 2.45) is 0 Å². The van der Waals surface area contributed by atoms with Gasteiger partial charge in [0, 0.05) is 13.1 Å². The number of aromatic carboxylic acids is 1. The Hall–Kier alpha value is -1.31. The predicted octanol–water partition coefficient (Wildman–Crippen LogP) is 2.63. The van der Waals surface area contributed by atoms with E-state index >= 15 is 0 Å². The Morgan fingerprint density at radius 2 is 2.21 bits per heavy atom. The fourth-order valence-corrected chi connectivity index (χ4v) is 2.82. The van der Waals surface area contributed by atoms with Crippen molar-refractivity contribution in [2.45, 2.75) is 13.1 Å². The van der Waals surface area contributed by atoms with Crippen molar-refractivity contribution < 1.29 is 9.90 Å². The molecule has 0 bridgehead atoms. The van der Waals surface area contributed by atoms with Crippen molar-refractivity contribution in [1.29, 1.82) is 0 Å². The van der Waals surface area contributed by atoms with Crippen molar-refractivity contribution >= 4 is 33.2 Å². The monoisotopic (exact) mass is 341 g/mol. The third kappa shape index (κ3) is 4.09. The van der Waals surface area contributed by atoms with E-state index in [1.54, 1.807) is 11.3 Å². The van der Waals surface area contributed by atoms with Gasteiger partial charge in [-0.3, -0.25) is 9.88 Å². The lowest BCUT2D eigenvalue weighted by Crippen LogP contribution is -2.18.